The molecule has 1 unspecified atom stereocenters. The summed E-state index contributed by atoms with van der Waals surface area (Å²) in [5.41, 5.74) is 4.35. The van der Waals surface area contributed by atoms with Crippen LogP contribution in [0.2, 0.25) is 0 Å². The van der Waals surface area contributed by atoms with Crippen molar-refractivity contribution in [2.45, 2.75) is 32.9 Å². The van der Waals surface area contributed by atoms with Gasteiger partial charge in [0.1, 0.15) is 5.60 Å². The number of cyclic esters (lactones) is 1. The SMILES string of the molecule is Cc1cc(Nc2nccc(C)n2)cc(-c2cnn(CC3(C)CNC(=O)O3)c2)c1. The van der Waals surface area contributed by atoms with Gasteiger partial charge in [0.2, 0.25) is 5.95 Å². The first-order valence-corrected chi connectivity index (χ1v) is 9.07. The van der Waals surface area contributed by atoms with Gasteiger partial charge in [-0.05, 0) is 50.1 Å². The molecule has 28 heavy (non-hydrogen) atoms. The van der Waals surface area contributed by atoms with Crippen molar-refractivity contribution in [3.8, 4) is 11.1 Å². The summed E-state index contributed by atoms with van der Waals surface area (Å²) in [6.07, 6.45) is 5.12. The first kappa shape index (κ1) is 18.0. The number of nitrogens with one attached hydrogen (secondary N) is 2. The molecule has 144 valence electrons. The number of aromatic nitrogens is 4. The number of hydrogen-bond donors (Lipinski definition) is 2. The molecule has 2 N–H and O–H groups in total. The zero-order chi connectivity index (χ0) is 19.7. The third-order valence-corrected chi connectivity index (χ3v) is 4.54. The van der Waals surface area contributed by atoms with E-state index in [1.165, 1.54) is 0 Å². The molecular formula is C20H22N6O2. The van der Waals surface area contributed by atoms with Crippen molar-refractivity contribution in [2.24, 2.45) is 0 Å². The minimum atomic E-state index is -0.595. The number of aryl methyl sites for hydroxylation is 2. The summed E-state index contributed by atoms with van der Waals surface area (Å²) in [6.45, 7) is 6.82. The number of ether oxygens (including phenoxy) is 1. The van der Waals surface area contributed by atoms with Crippen molar-refractivity contribution in [3.63, 3.8) is 0 Å². The summed E-state index contributed by atoms with van der Waals surface area (Å²) in [5.74, 6) is 0.565. The molecule has 1 saturated heterocycles. The fraction of sp³-hybridized carbons (Fsp3) is 0.300. The van der Waals surface area contributed by atoms with Crippen molar-refractivity contribution >= 4 is 17.7 Å². The lowest BCUT2D eigenvalue weighted by molar-refractivity contribution is 0.0550. The van der Waals surface area contributed by atoms with Gasteiger partial charge in [-0.25, -0.2) is 14.8 Å². The molecular weight excluding hydrogens is 356 g/mol. The molecule has 3 aromatic rings. The van der Waals surface area contributed by atoms with Crippen LogP contribution in [0.15, 0.2) is 42.9 Å². The first-order chi connectivity index (χ1) is 13.4. The van der Waals surface area contributed by atoms with Crippen LogP contribution in [0.1, 0.15) is 18.2 Å². The second-order valence-electron chi connectivity index (χ2n) is 7.35. The molecule has 1 aromatic carbocycles. The Morgan fingerprint density at radius 3 is 2.89 bits per heavy atom. The molecule has 4 rings (SSSR count). The smallest absolute Gasteiger partial charge is 0.407 e. The van der Waals surface area contributed by atoms with E-state index >= 15 is 0 Å². The van der Waals surface area contributed by atoms with Crippen LogP contribution in [0.25, 0.3) is 11.1 Å². The fourth-order valence-electron chi connectivity index (χ4n) is 3.25. The van der Waals surface area contributed by atoms with Crippen LogP contribution in [0.4, 0.5) is 16.4 Å². The maximum Gasteiger partial charge on any atom is 0.407 e. The number of nitrogens with zero attached hydrogens (tertiary/aromatic N) is 4. The van der Waals surface area contributed by atoms with E-state index in [4.69, 9.17) is 4.74 Å². The lowest BCUT2D eigenvalue weighted by Gasteiger charge is -2.20. The van der Waals surface area contributed by atoms with Crippen molar-refractivity contribution in [1.82, 2.24) is 25.1 Å². The van der Waals surface area contributed by atoms with Crippen LogP contribution in [0.3, 0.4) is 0 Å². The maximum absolute atomic E-state index is 11.3. The molecule has 0 aliphatic carbocycles. The summed E-state index contributed by atoms with van der Waals surface area (Å²) < 4.78 is 7.15. The molecule has 0 saturated carbocycles. The van der Waals surface area contributed by atoms with Crippen molar-refractivity contribution < 1.29 is 9.53 Å². The van der Waals surface area contributed by atoms with Crippen molar-refractivity contribution in [1.29, 1.82) is 0 Å². The van der Waals surface area contributed by atoms with E-state index in [0.29, 0.717) is 19.0 Å². The highest BCUT2D eigenvalue weighted by Gasteiger charge is 2.36. The number of carbonyl (C=O) groups excluding carboxylic acids is 1. The second kappa shape index (κ2) is 6.95. The summed E-state index contributed by atoms with van der Waals surface area (Å²) >= 11 is 0. The predicted octanol–water partition coefficient (Wildman–Crippen LogP) is 3.20. The third kappa shape index (κ3) is 3.95. The quantitative estimate of drug-likeness (QED) is 0.708. The Morgan fingerprint density at radius 2 is 2.14 bits per heavy atom. The van der Waals surface area contributed by atoms with Gasteiger partial charge in [0.05, 0.1) is 19.3 Å². The maximum atomic E-state index is 11.3. The molecule has 3 heterocycles. The molecule has 1 fully saturated rings. The number of alkyl carbamates (subject to hydrolysis) is 1. The molecule has 1 amide bonds. The molecule has 0 spiro atoms. The Labute approximate surface area is 163 Å². The Bertz CT molecular complexity index is 1030. The van der Waals surface area contributed by atoms with Gasteiger partial charge in [0, 0.05) is 29.3 Å². The predicted molar refractivity (Wildman–Crippen MR) is 105 cm³/mol. The summed E-state index contributed by atoms with van der Waals surface area (Å²) in [4.78, 5) is 20.0. The van der Waals surface area contributed by atoms with Crippen LogP contribution < -0.4 is 10.6 Å². The van der Waals surface area contributed by atoms with Gasteiger partial charge >= 0.3 is 6.09 Å². The van der Waals surface area contributed by atoms with E-state index in [1.807, 2.05) is 51.4 Å². The van der Waals surface area contributed by atoms with Gasteiger partial charge < -0.3 is 15.4 Å². The largest absolute Gasteiger partial charge is 0.439 e. The molecule has 1 atom stereocenters. The van der Waals surface area contributed by atoms with E-state index in [9.17, 15) is 4.79 Å². The minimum absolute atomic E-state index is 0.386. The van der Waals surface area contributed by atoms with Crippen LogP contribution in [0, 0.1) is 13.8 Å². The second-order valence-corrected chi connectivity index (χ2v) is 7.35. The molecule has 0 radical (unpaired) electrons. The number of amides is 1. The number of rotatable bonds is 5. The lowest BCUT2D eigenvalue weighted by atomic mass is 10.1. The average Bonchev–Trinajstić information content (AvgIpc) is 3.21. The van der Waals surface area contributed by atoms with Crippen LogP contribution in [0.5, 0.6) is 0 Å². The molecule has 1 aliphatic heterocycles. The normalized spacial score (nSPS) is 18.6. The van der Waals surface area contributed by atoms with Gasteiger partial charge in [-0.3, -0.25) is 4.68 Å². The number of carbonyl (C=O) groups is 1. The number of hydrogen-bond acceptors (Lipinski definition) is 6. The topological polar surface area (TPSA) is 94.0 Å². The van der Waals surface area contributed by atoms with E-state index in [0.717, 1.165) is 28.1 Å². The summed E-state index contributed by atoms with van der Waals surface area (Å²) in [5, 5.41) is 10.4. The minimum Gasteiger partial charge on any atom is -0.439 e. The Hall–Kier alpha value is -3.42. The standard InChI is InChI=1S/C20H22N6O2/c1-13-6-15(8-17(7-13)25-18-21-5-4-14(2)24-18)16-9-23-26(10-16)12-20(3)11-22-19(27)28-20/h4-10H,11-12H2,1-3H3,(H,22,27)(H,21,24,25). The van der Waals surface area contributed by atoms with Crippen molar-refractivity contribution in [2.75, 3.05) is 11.9 Å². The zero-order valence-corrected chi connectivity index (χ0v) is 16.1. The van der Waals surface area contributed by atoms with Crippen LogP contribution in [-0.4, -0.2) is 38.0 Å². The van der Waals surface area contributed by atoms with Crippen molar-refractivity contribution in [3.05, 3.63) is 54.1 Å². The van der Waals surface area contributed by atoms with Gasteiger partial charge in [0.25, 0.3) is 0 Å². The molecule has 2 aromatic heterocycles. The highest BCUT2D eigenvalue weighted by Crippen LogP contribution is 2.26. The molecule has 8 heteroatoms. The van der Waals surface area contributed by atoms with E-state index in [-0.39, 0.29) is 6.09 Å². The molecule has 8 nitrogen and oxygen atoms in total. The van der Waals surface area contributed by atoms with E-state index < -0.39 is 5.60 Å². The van der Waals surface area contributed by atoms with Gasteiger partial charge in [-0.2, -0.15) is 5.10 Å². The summed E-state index contributed by atoms with van der Waals surface area (Å²) in [6, 6.07) is 8.05. The highest BCUT2D eigenvalue weighted by atomic mass is 16.6. The third-order valence-electron chi connectivity index (χ3n) is 4.54. The molecule has 1 aliphatic rings. The van der Waals surface area contributed by atoms with Crippen LogP contribution in [-0.2, 0) is 11.3 Å². The van der Waals surface area contributed by atoms with Crippen LogP contribution >= 0.6 is 0 Å². The van der Waals surface area contributed by atoms with E-state index in [1.54, 1.807) is 10.9 Å². The van der Waals surface area contributed by atoms with Gasteiger partial charge in [0.15, 0.2) is 0 Å². The zero-order valence-electron chi connectivity index (χ0n) is 16.1. The molecule has 0 bridgehead atoms. The Morgan fingerprint density at radius 1 is 1.29 bits per heavy atom. The Balaban J connectivity index is 1.55. The first-order valence-electron chi connectivity index (χ1n) is 9.07. The number of benzene rings is 1. The highest BCUT2D eigenvalue weighted by molar-refractivity contribution is 5.71. The van der Waals surface area contributed by atoms with E-state index in [2.05, 4.69) is 31.8 Å². The number of anilines is 2. The average molecular weight is 378 g/mol. The lowest BCUT2D eigenvalue weighted by Crippen LogP contribution is -2.34. The monoisotopic (exact) mass is 378 g/mol. The fourth-order valence-corrected chi connectivity index (χ4v) is 3.25. The Kier molecular flexibility index (Phi) is 4.46. The van der Waals surface area contributed by atoms with Gasteiger partial charge in [-0.15, -0.1) is 0 Å². The van der Waals surface area contributed by atoms with Gasteiger partial charge in [-0.1, -0.05) is 6.07 Å². The summed E-state index contributed by atoms with van der Waals surface area (Å²) in [7, 11) is 0.